The van der Waals surface area contributed by atoms with E-state index in [1.165, 1.54) is 6.92 Å². The monoisotopic (exact) mass is 197 g/mol. The van der Waals surface area contributed by atoms with Crippen LogP contribution in [0.25, 0.3) is 6.08 Å². The number of nitrogens with zero attached hydrogens (tertiary/aromatic N) is 1. The fourth-order valence-electron chi connectivity index (χ4n) is 0.739. The number of carbonyl (C=O) groups is 1. The van der Waals surface area contributed by atoms with Crippen LogP contribution in [0.4, 0.5) is 0 Å². The second kappa shape index (κ2) is 5.37. The fraction of sp³-hybridized carbons (Fsp3) is 0.455. The van der Waals surface area contributed by atoms with Gasteiger partial charge in [-0.3, -0.25) is 0 Å². The van der Waals surface area contributed by atoms with Crippen molar-refractivity contribution >= 4 is 12.4 Å². The van der Waals surface area contributed by atoms with E-state index in [4.69, 9.17) is 9.32 Å². The molecule has 0 spiro atoms. The SMILES string of the molecule is C=Cc1cc(C(C)(C)C)on1.CC=O.[HH]. The van der Waals surface area contributed by atoms with Crippen molar-refractivity contribution in [1.82, 2.24) is 5.16 Å². The molecule has 3 heteroatoms. The molecule has 0 atom stereocenters. The zero-order valence-electron chi connectivity index (χ0n) is 9.20. The van der Waals surface area contributed by atoms with Gasteiger partial charge in [-0.05, 0) is 13.0 Å². The summed E-state index contributed by atoms with van der Waals surface area (Å²) in [5, 5.41) is 3.81. The van der Waals surface area contributed by atoms with Crippen LogP contribution in [-0.4, -0.2) is 11.4 Å². The molecule has 0 saturated heterocycles. The lowest BCUT2D eigenvalue weighted by molar-refractivity contribution is -0.106. The summed E-state index contributed by atoms with van der Waals surface area (Å²) in [7, 11) is 0. The predicted molar refractivity (Wildman–Crippen MR) is 59.1 cm³/mol. The normalized spacial score (nSPS) is 10.0. The topological polar surface area (TPSA) is 43.1 Å². The smallest absolute Gasteiger partial charge is 0.142 e. The van der Waals surface area contributed by atoms with E-state index >= 15 is 0 Å². The summed E-state index contributed by atoms with van der Waals surface area (Å²) < 4.78 is 5.10. The van der Waals surface area contributed by atoms with Gasteiger partial charge in [0.1, 0.15) is 17.7 Å². The average Bonchev–Trinajstić information content (AvgIpc) is 2.52. The highest BCUT2D eigenvalue weighted by Crippen LogP contribution is 2.22. The minimum atomic E-state index is 0. The van der Waals surface area contributed by atoms with Gasteiger partial charge < -0.3 is 9.32 Å². The zero-order valence-corrected chi connectivity index (χ0v) is 9.20. The van der Waals surface area contributed by atoms with Crippen molar-refractivity contribution in [2.24, 2.45) is 0 Å². The van der Waals surface area contributed by atoms with Crippen molar-refractivity contribution in [3.05, 3.63) is 24.1 Å². The van der Waals surface area contributed by atoms with E-state index in [2.05, 4.69) is 32.5 Å². The number of carbonyl (C=O) groups excluding carboxylic acids is 1. The Morgan fingerprint density at radius 3 is 2.29 bits per heavy atom. The highest BCUT2D eigenvalue weighted by Gasteiger charge is 2.18. The maximum atomic E-state index is 8.81. The Labute approximate surface area is 86.3 Å². The summed E-state index contributed by atoms with van der Waals surface area (Å²) in [6.45, 7) is 11.3. The molecular formula is C11H19NO2. The van der Waals surface area contributed by atoms with Gasteiger partial charge >= 0.3 is 0 Å². The van der Waals surface area contributed by atoms with E-state index < -0.39 is 0 Å². The first-order chi connectivity index (χ1) is 6.45. The van der Waals surface area contributed by atoms with Crippen LogP contribution >= 0.6 is 0 Å². The Kier molecular flexibility index (Phi) is 4.84. The summed E-state index contributed by atoms with van der Waals surface area (Å²) in [5.41, 5.74) is 0.837. The zero-order chi connectivity index (χ0) is 11.2. The summed E-state index contributed by atoms with van der Waals surface area (Å²) >= 11 is 0. The van der Waals surface area contributed by atoms with E-state index in [1.54, 1.807) is 6.08 Å². The Hall–Kier alpha value is -1.38. The van der Waals surface area contributed by atoms with Crippen molar-refractivity contribution in [1.29, 1.82) is 0 Å². The minimum Gasteiger partial charge on any atom is -0.360 e. The number of hydrogen-bond acceptors (Lipinski definition) is 3. The average molecular weight is 197 g/mol. The molecule has 0 saturated carbocycles. The predicted octanol–water partition coefficient (Wildman–Crippen LogP) is 3.07. The number of rotatable bonds is 1. The van der Waals surface area contributed by atoms with Crippen molar-refractivity contribution in [2.75, 3.05) is 0 Å². The molecule has 0 N–H and O–H groups in total. The third kappa shape index (κ3) is 4.03. The van der Waals surface area contributed by atoms with Crippen LogP contribution in [-0.2, 0) is 10.2 Å². The Morgan fingerprint density at radius 2 is 2.07 bits per heavy atom. The van der Waals surface area contributed by atoms with Crippen LogP contribution in [0.5, 0.6) is 0 Å². The van der Waals surface area contributed by atoms with Gasteiger partial charge in [0.15, 0.2) is 0 Å². The Balaban J connectivity index is 0. The maximum absolute atomic E-state index is 8.81. The molecule has 1 aromatic heterocycles. The Bertz CT molecular complexity index is 300. The third-order valence-corrected chi connectivity index (χ3v) is 1.48. The van der Waals surface area contributed by atoms with E-state index in [1.807, 2.05) is 6.07 Å². The van der Waals surface area contributed by atoms with Gasteiger partial charge in [0, 0.05) is 12.9 Å². The summed E-state index contributed by atoms with van der Waals surface area (Å²) in [6, 6.07) is 1.91. The van der Waals surface area contributed by atoms with Crippen molar-refractivity contribution in [2.45, 2.75) is 33.1 Å². The second-order valence-electron chi connectivity index (χ2n) is 3.81. The molecule has 0 bridgehead atoms. The standard InChI is InChI=1S/C9H13NO.C2H4O.H2/c1-5-7-6-8(11-10-7)9(2,3)4;1-2-3;/h5-6H,1H2,2-4H3;2H,1H3;1H. The summed E-state index contributed by atoms with van der Waals surface area (Å²) in [5.74, 6) is 0.896. The van der Waals surface area contributed by atoms with Gasteiger partial charge in [-0.25, -0.2) is 0 Å². The fourth-order valence-corrected chi connectivity index (χ4v) is 0.739. The minimum absolute atomic E-state index is 0. The first-order valence-electron chi connectivity index (χ1n) is 4.45. The molecule has 0 aliphatic carbocycles. The molecule has 0 aliphatic heterocycles. The highest BCUT2D eigenvalue weighted by molar-refractivity contribution is 5.44. The van der Waals surface area contributed by atoms with Gasteiger partial charge in [-0.15, -0.1) is 0 Å². The van der Waals surface area contributed by atoms with E-state index in [0.29, 0.717) is 0 Å². The van der Waals surface area contributed by atoms with Crippen LogP contribution in [0.2, 0.25) is 0 Å². The van der Waals surface area contributed by atoms with Crippen LogP contribution in [0.1, 0.15) is 40.6 Å². The molecule has 1 heterocycles. The van der Waals surface area contributed by atoms with E-state index in [0.717, 1.165) is 17.7 Å². The molecule has 1 aromatic rings. The third-order valence-electron chi connectivity index (χ3n) is 1.48. The molecule has 3 nitrogen and oxygen atoms in total. The highest BCUT2D eigenvalue weighted by atomic mass is 16.5. The van der Waals surface area contributed by atoms with E-state index in [-0.39, 0.29) is 6.84 Å². The number of hydrogen-bond donors (Lipinski definition) is 0. The first kappa shape index (κ1) is 12.6. The van der Waals surface area contributed by atoms with Gasteiger partial charge in [0.25, 0.3) is 0 Å². The molecule has 0 amide bonds. The molecule has 14 heavy (non-hydrogen) atoms. The largest absolute Gasteiger partial charge is 0.360 e. The number of aldehydes is 1. The Morgan fingerprint density at radius 1 is 1.57 bits per heavy atom. The molecule has 0 aromatic carbocycles. The van der Waals surface area contributed by atoms with Crippen molar-refractivity contribution < 1.29 is 10.7 Å². The van der Waals surface area contributed by atoms with Gasteiger partial charge in [0.2, 0.25) is 0 Å². The van der Waals surface area contributed by atoms with Gasteiger partial charge in [-0.2, -0.15) is 0 Å². The van der Waals surface area contributed by atoms with Crippen LogP contribution in [0.15, 0.2) is 17.2 Å². The van der Waals surface area contributed by atoms with Crippen LogP contribution < -0.4 is 0 Å². The second-order valence-corrected chi connectivity index (χ2v) is 3.81. The van der Waals surface area contributed by atoms with Crippen LogP contribution in [0.3, 0.4) is 0 Å². The lowest BCUT2D eigenvalue weighted by atomic mass is 9.93. The van der Waals surface area contributed by atoms with Crippen molar-refractivity contribution in [3.8, 4) is 0 Å². The molecular weight excluding hydrogens is 178 g/mol. The number of aromatic nitrogens is 1. The van der Waals surface area contributed by atoms with Gasteiger partial charge in [-0.1, -0.05) is 32.5 Å². The molecule has 0 aliphatic rings. The van der Waals surface area contributed by atoms with Crippen molar-refractivity contribution in [3.63, 3.8) is 0 Å². The van der Waals surface area contributed by atoms with Crippen LogP contribution in [0, 0.1) is 0 Å². The van der Waals surface area contributed by atoms with Gasteiger partial charge in [0.05, 0.1) is 0 Å². The van der Waals surface area contributed by atoms with E-state index in [9.17, 15) is 0 Å². The first-order valence-corrected chi connectivity index (χ1v) is 4.45. The molecule has 0 unspecified atom stereocenters. The molecule has 80 valence electrons. The lowest BCUT2D eigenvalue weighted by Gasteiger charge is -2.11. The molecule has 1 rings (SSSR count). The quantitative estimate of drug-likeness (QED) is 0.650. The maximum Gasteiger partial charge on any atom is 0.142 e. The summed E-state index contributed by atoms with van der Waals surface area (Å²) in [6.07, 6.45) is 2.43. The molecule has 0 radical (unpaired) electrons. The molecule has 0 fully saturated rings. The summed E-state index contributed by atoms with van der Waals surface area (Å²) in [4.78, 5) is 8.81. The lowest BCUT2D eigenvalue weighted by Crippen LogP contribution is -2.09.